The van der Waals surface area contributed by atoms with E-state index in [0.717, 1.165) is 36.0 Å². The predicted molar refractivity (Wildman–Crippen MR) is 193 cm³/mol. The second-order valence-electron chi connectivity index (χ2n) is 14.6. The summed E-state index contributed by atoms with van der Waals surface area (Å²) in [5, 5.41) is 11.1. The lowest BCUT2D eigenvalue weighted by Crippen LogP contribution is -2.58. The van der Waals surface area contributed by atoms with Crippen LogP contribution >= 0.6 is 11.6 Å². The number of anilines is 1. The van der Waals surface area contributed by atoms with Crippen molar-refractivity contribution in [2.75, 3.05) is 31.6 Å². The van der Waals surface area contributed by atoms with Crippen molar-refractivity contribution >= 4 is 39.1 Å². The van der Waals surface area contributed by atoms with E-state index < -0.39 is 50.4 Å². The van der Waals surface area contributed by atoms with Crippen molar-refractivity contribution in [2.24, 2.45) is 13.0 Å². The van der Waals surface area contributed by atoms with Gasteiger partial charge in [0.05, 0.1) is 23.0 Å². The van der Waals surface area contributed by atoms with Crippen LogP contribution in [0.3, 0.4) is 0 Å². The number of nitrogens with zero attached hydrogens (tertiary/aromatic N) is 7. The number of hydrogen-bond acceptors (Lipinski definition) is 10. The molecular formula is C36H44ClFN8O5S. The lowest BCUT2D eigenvalue weighted by atomic mass is 9.79. The molecule has 278 valence electrons. The van der Waals surface area contributed by atoms with E-state index in [4.69, 9.17) is 16.3 Å². The topological polar surface area (TPSA) is 143 Å². The molecule has 1 saturated heterocycles. The number of allylic oxidation sites excluding steroid dienone is 1. The molecule has 0 aliphatic carbocycles. The van der Waals surface area contributed by atoms with E-state index in [0.29, 0.717) is 54.8 Å². The molecule has 7 bridgehead atoms. The highest BCUT2D eigenvalue weighted by atomic mass is 35.5. The molecule has 1 spiro atoms. The first kappa shape index (κ1) is 36.3. The molecule has 13 nitrogen and oxygen atoms in total. The molecule has 2 aromatic carbocycles. The van der Waals surface area contributed by atoms with E-state index >= 15 is 4.39 Å². The van der Waals surface area contributed by atoms with Gasteiger partial charge in [-0.1, -0.05) is 24.6 Å². The van der Waals surface area contributed by atoms with Gasteiger partial charge in [-0.05, 0) is 109 Å². The van der Waals surface area contributed by atoms with Gasteiger partial charge >= 0.3 is 0 Å². The molecule has 1 aromatic heterocycles. The summed E-state index contributed by atoms with van der Waals surface area (Å²) in [5.74, 6) is -1.55. The summed E-state index contributed by atoms with van der Waals surface area (Å²) in [4.78, 5) is 33.9. The van der Waals surface area contributed by atoms with E-state index in [1.807, 2.05) is 17.0 Å². The number of ether oxygens (including phenoxy) is 1. The summed E-state index contributed by atoms with van der Waals surface area (Å²) in [5.41, 5.74) is 2.78. The number of carbonyl (C=O) groups is 2. The van der Waals surface area contributed by atoms with Crippen LogP contribution in [0, 0.1) is 5.92 Å². The Morgan fingerprint density at radius 3 is 2.75 bits per heavy atom. The van der Waals surface area contributed by atoms with Crippen molar-refractivity contribution in [3.63, 3.8) is 0 Å². The number of aryl methyl sites for hydroxylation is 2. The highest BCUT2D eigenvalue weighted by Gasteiger charge is 2.52. The second-order valence-corrected chi connectivity index (χ2v) is 17.0. The molecule has 2 amide bonds. The normalized spacial score (nSPS) is 27.2. The summed E-state index contributed by atoms with van der Waals surface area (Å²) < 4.78 is 54.5. The van der Waals surface area contributed by atoms with Gasteiger partial charge in [-0.25, -0.2) is 22.2 Å². The lowest BCUT2D eigenvalue weighted by molar-refractivity contribution is -0.137. The van der Waals surface area contributed by atoms with Crippen LogP contribution in [0.2, 0.25) is 5.02 Å². The fraction of sp³-hybridized carbons (Fsp3) is 0.528. The third-order valence-electron chi connectivity index (χ3n) is 11.3. The number of benzene rings is 2. The monoisotopic (exact) mass is 754 g/mol. The number of aromatic nitrogens is 4. The van der Waals surface area contributed by atoms with Crippen LogP contribution in [0.15, 0.2) is 42.2 Å². The van der Waals surface area contributed by atoms with Crippen LogP contribution in [-0.4, -0.2) is 88.2 Å². The van der Waals surface area contributed by atoms with Gasteiger partial charge in [-0.2, -0.15) is 0 Å². The lowest BCUT2D eigenvalue weighted by Gasteiger charge is -2.47. The van der Waals surface area contributed by atoms with Crippen molar-refractivity contribution in [3.8, 4) is 5.75 Å². The number of sulfonamides is 1. The molecule has 1 N–H and O–H groups in total. The van der Waals surface area contributed by atoms with Crippen molar-refractivity contribution in [1.82, 2.24) is 34.7 Å². The number of carbonyl (C=O) groups excluding carboxylic acids is 2. The molecule has 0 unspecified atom stereocenters. The Labute approximate surface area is 308 Å². The number of nitrogens with one attached hydrogen (secondary N) is 1. The molecule has 0 radical (unpaired) electrons. The van der Waals surface area contributed by atoms with E-state index in [2.05, 4.69) is 25.1 Å². The summed E-state index contributed by atoms with van der Waals surface area (Å²) in [6.07, 6.45) is 5.03. The quantitative estimate of drug-likeness (QED) is 0.412. The van der Waals surface area contributed by atoms with Gasteiger partial charge in [0.25, 0.3) is 5.91 Å². The maximum atomic E-state index is 17.2. The fourth-order valence-electron chi connectivity index (χ4n) is 8.19. The fourth-order valence-corrected chi connectivity index (χ4v) is 9.71. The summed E-state index contributed by atoms with van der Waals surface area (Å²) >= 11 is 6.91. The van der Waals surface area contributed by atoms with Gasteiger partial charge in [-0.3, -0.25) is 14.5 Å². The van der Waals surface area contributed by atoms with Crippen molar-refractivity contribution in [3.05, 3.63) is 75.3 Å². The molecule has 16 heteroatoms. The van der Waals surface area contributed by atoms with Crippen LogP contribution in [0.4, 0.5) is 10.1 Å². The average molecular weight is 755 g/mol. The van der Waals surface area contributed by atoms with Crippen LogP contribution in [0.5, 0.6) is 5.75 Å². The molecular weight excluding hydrogens is 711 g/mol. The van der Waals surface area contributed by atoms with Crippen molar-refractivity contribution in [2.45, 2.75) is 82.4 Å². The largest absolute Gasteiger partial charge is 0.487 e. The van der Waals surface area contributed by atoms with E-state index in [9.17, 15) is 18.0 Å². The summed E-state index contributed by atoms with van der Waals surface area (Å²) in [7, 11) is -0.879. The molecule has 5 heterocycles. The van der Waals surface area contributed by atoms with Gasteiger partial charge in [0, 0.05) is 44.3 Å². The van der Waals surface area contributed by atoms with Gasteiger partial charge in [0.1, 0.15) is 24.2 Å². The smallest absolute Gasteiger partial charge is 0.264 e. The molecule has 3 aromatic rings. The number of fused-ring (bicyclic) bond motifs is 1. The number of hydrogen-bond donors (Lipinski definition) is 1. The minimum Gasteiger partial charge on any atom is -0.487 e. The highest BCUT2D eigenvalue weighted by molar-refractivity contribution is 7.90. The molecule has 1 fully saturated rings. The summed E-state index contributed by atoms with van der Waals surface area (Å²) in [6, 6.07) is 7.54. The van der Waals surface area contributed by atoms with Gasteiger partial charge < -0.3 is 14.5 Å². The minimum absolute atomic E-state index is 0.00894. The average Bonchev–Trinajstić information content (AvgIpc) is 3.72. The zero-order valence-electron chi connectivity index (χ0n) is 29.8. The van der Waals surface area contributed by atoms with E-state index in [1.54, 1.807) is 39.2 Å². The summed E-state index contributed by atoms with van der Waals surface area (Å²) in [6.45, 7) is 4.73. The zero-order valence-corrected chi connectivity index (χ0v) is 31.4. The third-order valence-corrected chi connectivity index (χ3v) is 13.5. The molecule has 4 aliphatic heterocycles. The van der Waals surface area contributed by atoms with Crippen LogP contribution in [-0.2, 0) is 47.0 Å². The first-order valence-electron chi connectivity index (χ1n) is 17.8. The first-order valence-corrected chi connectivity index (χ1v) is 19.7. The second kappa shape index (κ2) is 14.0. The molecule has 0 saturated carbocycles. The Balaban J connectivity index is 1.47. The van der Waals surface area contributed by atoms with Gasteiger partial charge in [0.15, 0.2) is 5.82 Å². The van der Waals surface area contributed by atoms with E-state index in [1.165, 1.54) is 22.6 Å². The highest BCUT2D eigenvalue weighted by Crippen LogP contribution is 2.49. The maximum Gasteiger partial charge on any atom is 0.264 e. The molecule has 52 heavy (non-hydrogen) atoms. The number of likely N-dealkylation sites (N-methyl/N-ethyl adjacent to an activating group) is 1. The Morgan fingerprint density at radius 2 is 1.98 bits per heavy atom. The molecule has 7 rings (SSSR count). The Bertz CT molecular complexity index is 2040. The van der Waals surface area contributed by atoms with E-state index in [-0.39, 0.29) is 25.1 Å². The standard InChI is InChI=1S/C36H44ClFN8O5S/c1-22-9-11-29(38)33(35(48)43(3)19-32-39-41-42-44(32)4)46-15-7-13-36(46)21-45-14-6-5-8-24-16-26(37)18-28(36)27(24)20-51-31-12-10-25(17-30(31)45)34(47)40-52(49,50)23(22)2/h10-12,16-18,22-23,33H,5-9,13-15,19-21H2,1-4H3,(H,40,47)/b29-11-/t22-,23+,33+,36-/m0/s1. The van der Waals surface area contributed by atoms with Crippen LogP contribution in [0.25, 0.3) is 0 Å². The Hall–Kier alpha value is -4.08. The van der Waals surface area contributed by atoms with Crippen LogP contribution < -0.4 is 14.4 Å². The minimum atomic E-state index is -4.16. The van der Waals surface area contributed by atoms with Crippen LogP contribution in [0.1, 0.15) is 78.8 Å². The number of halogens is 2. The number of tetrazole rings is 1. The number of amides is 2. The van der Waals surface area contributed by atoms with Crippen molar-refractivity contribution in [1.29, 1.82) is 0 Å². The number of rotatable bonds is 3. The first-order chi connectivity index (χ1) is 24.8. The molecule has 4 aliphatic rings. The molecule has 4 atom stereocenters. The zero-order chi connectivity index (χ0) is 36.9. The van der Waals surface area contributed by atoms with Gasteiger partial charge in [0.2, 0.25) is 15.9 Å². The predicted octanol–water partition coefficient (Wildman–Crippen LogP) is 4.26. The Kier molecular flexibility index (Phi) is 9.80. The van der Waals surface area contributed by atoms with Gasteiger partial charge in [-0.15, -0.1) is 5.10 Å². The third kappa shape index (κ3) is 6.55. The Morgan fingerprint density at radius 1 is 1.17 bits per heavy atom. The van der Waals surface area contributed by atoms with Crippen molar-refractivity contribution < 1.29 is 27.1 Å². The SMILES string of the molecule is C[C@@H]1[C@@H](C)C/C=C(\F)[C@H](C(=O)N(C)Cc2nnnn2C)N2CCC[C@@]23CN2CCCCc4cc(Cl)cc3c4COc3ccc(cc32)C(=O)NS1(=O)=O. The maximum absolute atomic E-state index is 17.2.